The molecule has 0 aliphatic rings. The van der Waals surface area contributed by atoms with Gasteiger partial charge in [0.05, 0.1) is 6.04 Å². The van der Waals surface area contributed by atoms with Gasteiger partial charge in [0.15, 0.2) is 0 Å². The van der Waals surface area contributed by atoms with Crippen LogP contribution >= 0.6 is 0 Å². The summed E-state index contributed by atoms with van der Waals surface area (Å²) in [5.41, 5.74) is 3.34. The molecule has 5 heteroatoms. The van der Waals surface area contributed by atoms with Crippen molar-refractivity contribution in [3.63, 3.8) is 0 Å². The van der Waals surface area contributed by atoms with Crippen LogP contribution in [0, 0.1) is 11.3 Å². The fraction of sp³-hybridized carbons (Fsp3) is 0.273. The van der Waals surface area contributed by atoms with Gasteiger partial charge in [-0.05, 0) is 48.6 Å². The number of amides is 1. The van der Waals surface area contributed by atoms with Crippen LogP contribution in [0.25, 0.3) is 0 Å². The van der Waals surface area contributed by atoms with E-state index in [1.807, 2.05) is 49.4 Å². The second-order valence-electron chi connectivity index (χ2n) is 6.33. The first-order valence-electron chi connectivity index (χ1n) is 9.04. The number of benzene rings is 2. The van der Waals surface area contributed by atoms with Gasteiger partial charge in [-0.15, -0.1) is 0 Å². The number of aromatic hydroxyl groups is 1. The first-order chi connectivity index (χ1) is 13.0. The van der Waals surface area contributed by atoms with Crippen molar-refractivity contribution in [2.24, 2.45) is 0 Å². The molecule has 0 saturated carbocycles. The van der Waals surface area contributed by atoms with Gasteiger partial charge >= 0.3 is 0 Å². The first kappa shape index (κ1) is 20.1. The van der Waals surface area contributed by atoms with Crippen molar-refractivity contribution in [2.75, 3.05) is 6.54 Å². The average molecular weight is 363 g/mol. The molecule has 0 aliphatic carbocycles. The maximum Gasteiger partial charge on any atom is 0.263 e. The summed E-state index contributed by atoms with van der Waals surface area (Å²) in [6.45, 7) is 4.57. The van der Waals surface area contributed by atoms with Gasteiger partial charge in [0.2, 0.25) is 0 Å². The number of hydrogen-bond acceptors (Lipinski definition) is 4. The molecule has 3 N–H and O–H groups in total. The Labute approximate surface area is 160 Å². The molecule has 0 spiro atoms. The third kappa shape index (κ3) is 6.19. The van der Waals surface area contributed by atoms with Gasteiger partial charge in [0.1, 0.15) is 17.4 Å². The van der Waals surface area contributed by atoms with Crippen LogP contribution in [-0.2, 0) is 17.6 Å². The average Bonchev–Trinajstić information content (AvgIpc) is 2.69. The zero-order chi connectivity index (χ0) is 19.6. The lowest BCUT2D eigenvalue weighted by molar-refractivity contribution is -0.117. The zero-order valence-corrected chi connectivity index (χ0v) is 15.7. The van der Waals surface area contributed by atoms with Gasteiger partial charge in [0, 0.05) is 12.7 Å². The predicted octanol–water partition coefficient (Wildman–Crippen LogP) is 3.37. The van der Waals surface area contributed by atoms with Crippen LogP contribution in [0.1, 0.15) is 36.6 Å². The molecule has 140 valence electrons. The second kappa shape index (κ2) is 10.0. The molecule has 2 aromatic carbocycles. The van der Waals surface area contributed by atoms with Crippen molar-refractivity contribution in [2.45, 2.75) is 32.7 Å². The number of phenols is 1. The second-order valence-corrected chi connectivity index (χ2v) is 6.33. The maximum atomic E-state index is 12.3. The van der Waals surface area contributed by atoms with Crippen molar-refractivity contribution in [3.05, 3.63) is 77.0 Å². The summed E-state index contributed by atoms with van der Waals surface area (Å²) in [5.74, 6) is -0.171. The Morgan fingerprint density at radius 1 is 1.15 bits per heavy atom. The van der Waals surface area contributed by atoms with Gasteiger partial charge in [-0.25, -0.2) is 0 Å². The number of aryl methyl sites for hydroxylation is 1. The van der Waals surface area contributed by atoms with Crippen LogP contribution in [-0.4, -0.2) is 17.6 Å². The number of nitrogens with one attached hydrogen (secondary N) is 2. The molecule has 2 rings (SSSR count). The molecule has 0 saturated heterocycles. The highest BCUT2D eigenvalue weighted by Gasteiger charge is 2.13. The molecule has 5 nitrogen and oxygen atoms in total. The molecule has 0 radical (unpaired) electrons. The van der Waals surface area contributed by atoms with Gasteiger partial charge in [0.25, 0.3) is 5.91 Å². The third-order valence-corrected chi connectivity index (χ3v) is 4.34. The lowest BCUT2D eigenvalue weighted by Gasteiger charge is -2.14. The summed E-state index contributed by atoms with van der Waals surface area (Å²) in [6.07, 6.45) is 3.14. The van der Waals surface area contributed by atoms with E-state index in [9.17, 15) is 15.2 Å². The summed E-state index contributed by atoms with van der Waals surface area (Å²) < 4.78 is 0. The Morgan fingerprint density at radius 3 is 2.37 bits per heavy atom. The fourth-order valence-corrected chi connectivity index (χ4v) is 2.60. The van der Waals surface area contributed by atoms with Crippen LogP contribution in [0.4, 0.5) is 0 Å². The molecular formula is C22H25N3O2. The maximum absolute atomic E-state index is 12.3. The van der Waals surface area contributed by atoms with Crippen LogP contribution in [0.3, 0.4) is 0 Å². The number of carbonyl (C=O) groups excluding carboxylic acids is 1. The Morgan fingerprint density at radius 2 is 1.78 bits per heavy atom. The number of carbonyl (C=O) groups is 1. The van der Waals surface area contributed by atoms with Crippen LogP contribution in [0.15, 0.2) is 60.3 Å². The largest absolute Gasteiger partial charge is 0.508 e. The smallest absolute Gasteiger partial charge is 0.263 e. The Bertz CT molecular complexity index is 818. The monoisotopic (exact) mass is 363 g/mol. The molecule has 0 bridgehead atoms. The van der Waals surface area contributed by atoms with Crippen molar-refractivity contribution < 1.29 is 9.90 Å². The van der Waals surface area contributed by atoms with Gasteiger partial charge < -0.3 is 15.7 Å². The fourth-order valence-electron chi connectivity index (χ4n) is 2.60. The molecule has 27 heavy (non-hydrogen) atoms. The lowest BCUT2D eigenvalue weighted by Crippen LogP contribution is -2.28. The number of nitriles is 1. The summed E-state index contributed by atoms with van der Waals surface area (Å²) >= 11 is 0. The predicted molar refractivity (Wildman–Crippen MR) is 106 cm³/mol. The van der Waals surface area contributed by atoms with Crippen LogP contribution in [0.2, 0.25) is 0 Å². The molecule has 0 fully saturated rings. The Hall–Kier alpha value is -3.26. The number of hydrogen-bond donors (Lipinski definition) is 3. The van der Waals surface area contributed by atoms with Crippen molar-refractivity contribution in [1.82, 2.24) is 10.6 Å². The van der Waals surface area contributed by atoms with E-state index >= 15 is 0 Å². The van der Waals surface area contributed by atoms with Crippen molar-refractivity contribution in [1.29, 1.82) is 5.26 Å². The van der Waals surface area contributed by atoms with E-state index in [4.69, 9.17) is 0 Å². The number of nitrogens with zero attached hydrogens (tertiary/aromatic N) is 1. The summed E-state index contributed by atoms with van der Waals surface area (Å²) in [4.78, 5) is 12.3. The first-order valence-corrected chi connectivity index (χ1v) is 9.04. The van der Waals surface area contributed by atoms with E-state index in [0.29, 0.717) is 6.54 Å². The summed E-state index contributed by atoms with van der Waals surface area (Å²) in [5, 5.41) is 24.4. The molecule has 1 atom stereocenters. The number of rotatable bonds is 8. The topological polar surface area (TPSA) is 85.2 Å². The summed E-state index contributed by atoms with van der Waals surface area (Å²) in [6, 6.07) is 16.8. The minimum Gasteiger partial charge on any atom is -0.508 e. The van der Waals surface area contributed by atoms with E-state index < -0.39 is 5.91 Å². The molecule has 0 heterocycles. The molecule has 0 aromatic heterocycles. The Balaban J connectivity index is 1.87. The molecule has 1 unspecified atom stereocenters. The third-order valence-electron chi connectivity index (χ3n) is 4.34. The molecular weight excluding hydrogens is 338 g/mol. The molecule has 1 amide bonds. The van der Waals surface area contributed by atoms with Gasteiger partial charge in [-0.2, -0.15) is 5.26 Å². The summed E-state index contributed by atoms with van der Waals surface area (Å²) in [7, 11) is 0. The van der Waals surface area contributed by atoms with E-state index in [-0.39, 0.29) is 17.4 Å². The van der Waals surface area contributed by atoms with E-state index in [2.05, 4.69) is 17.6 Å². The van der Waals surface area contributed by atoms with Crippen molar-refractivity contribution >= 4 is 5.91 Å². The lowest BCUT2D eigenvalue weighted by atomic mass is 10.0. The molecule has 2 aromatic rings. The highest BCUT2D eigenvalue weighted by atomic mass is 16.3. The zero-order valence-electron chi connectivity index (χ0n) is 15.7. The highest BCUT2D eigenvalue weighted by molar-refractivity contribution is 5.97. The quantitative estimate of drug-likeness (QED) is 0.381. The Kier molecular flexibility index (Phi) is 7.45. The van der Waals surface area contributed by atoms with Gasteiger partial charge in [-0.1, -0.05) is 43.3 Å². The standard InChI is InChI=1S/C22H25N3O2/c1-3-17-4-8-19(9-5-17)16(2)25-22(27)20(14-23)15-24-13-12-18-6-10-21(26)11-7-18/h4-11,15-16,24,26H,3,12-13H2,1-2H3,(H,25,27)/b20-15-. The number of phenolic OH excluding ortho intramolecular Hbond substituents is 1. The van der Waals surface area contributed by atoms with E-state index in [1.165, 1.54) is 11.8 Å². The minimum atomic E-state index is -0.401. The minimum absolute atomic E-state index is 0.0396. The SMILES string of the molecule is CCc1ccc(C(C)NC(=O)/C(C#N)=C\NCCc2ccc(O)cc2)cc1. The van der Waals surface area contributed by atoms with Crippen LogP contribution < -0.4 is 10.6 Å². The van der Waals surface area contributed by atoms with Gasteiger partial charge in [-0.3, -0.25) is 4.79 Å². The van der Waals surface area contributed by atoms with Crippen molar-refractivity contribution in [3.8, 4) is 11.8 Å². The molecule has 0 aliphatic heterocycles. The normalized spacial score (nSPS) is 12.1. The van der Waals surface area contributed by atoms with Crippen LogP contribution in [0.5, 0.6) is 5.75 Å². The van der Waals surface area contributed by atoms with E-state index in [0.717, 1.165) is 24.0 Å². The highest BCUT2D eigenvalue weighted by Crippen LogP contribution is 2.14. The van der Waals surface area contributed by atoms with E-state index in [1.54, 1.807) is 12.1 Å².